The van der Waals surface area contributed by atoms with Crippen molar-refractivity contribution in [3.05, 3.63) is 54.2 Å². The number of aromatic nitrogens is 1. The summed E-state index contributed by atoms with van der Waals surface area (Å²) in [6.07, 6.45) is 0. The van der Waals surface area contributed by atoms with Crippen LogP contribution >= 0.6 is 0 Å². The van der Waals surface area contributed by atoms with Crippen LogP contribution in [0.15, 0.2) is 48.5 Å². The normalized spacial score (nSPS) is 14.2. The van der Waals surface area contributed by atoms with Crippen molar-refractivity contribution in [2.24, 2.45) is 0 Å². The molecule has 0 aliphatic carbocycles. The fourth-order valence-electron chi connectivity index (χ4n) is 3.88. The van der Waals surface area contributed by atoms with Gasteiger partial charge in [-0.15, -0.1) is 0 Å². The Morgan fingerprint density at radius 3 is 2.55 bits per heavy atom. The van der Waals surface area contributed by atoms with Gasteiger partial charge in [0.2, 0.25) is 0 Å². The van der Waals surface area contributed by atoms with Crippen LogP contribution in [0.4, 0.5) is 11.4 Å². The number of aromatic amines is 1. The number of hydrogen-bond acceptors (Lipinski definition) is 4. The van der Waals surface area contributed by atoms with Crippen LogP contribution in [0.2, 0.25) is 0 Å². The van der Waals surface area contributed by atoms with Crippen molar-refractivity contribution in [2.45, 2.75) is 13.8 Å². The Morgan fingerprint density at radius 2 is 1.86 bits per heavy atom. The second-order valence-corrected chi connectivity index (χ2v) is 7.14. The van der Waals surface area contributed by atoms with Crippen LogP contribution in [0.5, 0.6) is 5.75 Å². The SMILES string of the molecule is CCOc1cccc2[nH]c(C(=O)N(CC)c3ccc(N4CCNCC4)cc3)cc12. The van der Waals surface area contributed by atoms with Crippen molar-refractivity contribution < 1.29 is 9.53 Å². The number of nitrogens with zero attached hydrogens (tertiary/aromatic N) is 2. The zero-order valence-electron chi connectivity index (χ0n) is 17.1. The maximum Gasteiger partial charge on any atom is 0.274 e. The Balaban J connectivity index is 1.58. The van der Waals surface area contributed by atoms with Gasteiger partial charge in [-0.2, -0.15) is 0 Å². The first-order chi connectivity index (χ1) is 14.2. The lowest BCUT2D eigenvalue weighted by atomic mass is 10.2. The monoisotopic (exact) mass is 392 g/mol. The maximum absolute atomic E-state index is 13.2. The van der Waals surface area contributed by atoms with Crippen LogP contribution < -0.4 is 19.9 Å². The minimum absolute atomic E-state index is 0.0407. The number of H-pyrrole nitrogens is 1. The van der Waals surface area contributed by atoms with E-state index in [0.29, 0.717) is 18.8 Å². The summed E-state index contributed by atoms with van der Waals surface area (Å²) >= 11 is 0. The average Bonchev–Trinajstić information content (AvgIpc) is 3.21. The second kappa shape index (κ2) is 8.57. The van der Waals surface area contributed by atoms with Gasteiger partial charge in [0.15, 0.2) is 0 Å². The molecule has 6 nitrogen and oxygen atoms in total. The van der Waals surface area contributed by atoms with Crippen LogP contribution in [0, 0.1) is 0 Å². The third-order valence-corrected chi connectivity index (χ3v) is 5.36. The van der Waals surface area contributed by atoms with E-state index in [1.165, 1.54) is 5.69 Å². The van der Waals surface area contributed by atoms with E-state index in [1.54, 1.807) is 4.90 Å². The van der Waals surface area contributed by atoms with E-state index >= 15 is 0 Å². The molecule has 152 valence electrons. The summed E-state index contributed by atoms with van der Waals surface area (Å²) in [4.78, 5) is 20.7. The molecule has 29 heavy (non-hydrogen) atoms. The van der Waals surface area contributed by atoms with Crippen LogP contribution in [0.1, 0.15) is 24.3 Å². The molecule has 1 fully saturated rings. The number of rotatable bonds is 6. The Morgan fingerprint density at radius 1 is 1.10 bits per heavy atom. The Bertz CT molecular complexity index is 974. The van der Waals surface area contributed by atoms with Gasteiger partial charge in [0.05, 0.1) is 6.61 Å². The first-order valence-electron chi connectivity index (χ1n) is 10.3. The second-order valence-electron chi connectivity index (χ2n) is 7.14. The lowest BCUT2D eigenvalue weighted by Gasteiger charge is -2.30. The van der Waals surface area contributed by atoms with Crippen LogP contribution in [0.25, 0.3) is 10.9 Å². The number of hydrogen-bond donors (Lipinski definition) is 2. The molecule has 3 aromatic rings. The van der Waals surface area contributed by atoms with Crippen molar-refractivity contribution in [3.8, 4) is 5.75 Å². The summed E-state index contributed by atoms with van der Waals surface area (Å²) in [5.74, 6) is 0.754. The molecule has 1 aliphatic rings. The van der Waals surface area contributed by atoms with E-state index in [4.69, 9.17) is 4.74 Å². The highest BCUT2D eigenvalue weighted by Gasteiger charge is 2.20. The maximum atomic E-state index is 13.2. The predicted octanol–water partition coefficient (Wildman–Crippen LogP) is 3.64. The van der Waals surface area contributed by atoms with Gasteiger partial charge in [-0.05, 0) is 56.3 Å². The lowest BCUT2D eigenvalue weighted by Crippen LogP contribution is -2.43. The highest BCUT2D eigenvalue weighted by molar-refractivity contribution is 6.08. The van der Waals surface area contributed by atoms with Gasteiger partial charge in [0.1, 0.15) is 11.4 Å². The summed E-state index contributed by atoms with van der Waals surface area (Å²) in [5.41, 5.74) is 3.58. The van der Waals surface area contributed by atoms with E-state index in [1.807, 2.05) is 50.2 Å². The van der Waals surface area contributed by atoms with Crippen LogP contribution in [-0.2, 0) is 0 Å². The topological polar surface area (TPSA) is 60.6 Å². The fourth-order valence-corrected chi connectivity index (χ4v) is 3.88. The molecule has 1 aromatic heterocycles. The molecule has 1 saturated heterocycles. The first kappa shape index (κ1) is 19.3. The molecule has 1 aliphatic heterocycles. The van der Waals surface area contributed by atoms with E-state index in [0.717, 1.165) is 48.5 Å². The van der Waals surface area contributed by atoms with E-state index in [9.17, 15) is 4.79 Å². The number of fused-ring (bicyclic) bond motifs is 1. The standard InChI is InChI=1S/C23H28N4O2/c1-3-27(18-10-8-17(9-11-18)26-14-12-24-13-15-26)23(28)21-16-19-20(25-21)6-5-7-22(19)29-4-2/h5-11,16,24-25H,3-4,12-15H2,1-2H3. The van der Waals surface area contributed by atoms with Crippen molar-refractivity contribution in [1.82, 2.24) is 10.3 Å². The largest absolute Gasteiger partial charge is 0.493 e. The number of amides is 1. The predicted molar refractivity (Wildman–Crippen MR) is 118 cm³/mol. The number of anilines is 2. The number of carbonyl (C=O) groups excluding carboxylic acids is 1. The van der Waals surface area contributed by atoms with Crippen molar-refractivity contribution in [3.63, 3.8) is 0 Å². The fraction of sp³-hybridized carbons (Fsp3) is 0.348. The van der Waals surface area contributed by atoms with Gasteiger partial charge < -0.3 is 24.8 Å². The van der Waals surface area contributed by atoms with Crippen LogP contribution in [-0.4, -0.2) is 50.2 Å². The van der Waals surface area contributed by atoms with Gasteiger partial charge in [0.25, 0.3) is 5.91 Å². The van der Waals surface area contributed by atoms with Crippen molar-refractivity contribution >= 4 is 28.2 Å². The zero-order chi connectivity index (χ0) is 20.2. The number of benzene rings is 2. The zero-order valence-corrected chi connectivity index (χ0v) is 17.1. The third kappa shape index (κ3) is 3.93. The van der Waals surface area contributed by atoms with Gasteiger partial charge in [-0.1, -0.05) is 6.07 Å². The molecule has 1 amide bonds. The summed E-state index contributed by atoms with van der Waals surface area (Å²) in [6.45, 7) is 9.17. The van der Waals surface area contributed by atoms with Crippen molar-refractivity contribution in [2.75, 3.05) is 49.1 Å². The van der Waals surface area contributed by atoms with Gasteiger partial charge in [-0.3, -0.25) is 4.79 Å². The molecular formula is C23H28N4O2. The molecule has 0 saturated carbocycles. The first-order valence-corrected chi connectivity index (χ1v) is 10.3. The number of nitrogens with one attached hydrogen (secondary N) is 2. The molecule has 0 bridgehead atoms. The molecule has 0 unspecified atom stereocenters. The van der Waals surface area contributed by atoms with E-state index in [2.05, 4.69) is 27.3 Å². The third-order valence-electron chi connectivity index (χ3n) is 5.36. The molecule has 0 radical (unpaired) electrons. The lowest BCUT2D eigenvalue weighted by molar-refractivity contribution is 0.0984. The average molecular weight is 393 g/mol. The van der Waals surface area contributed by atoms with Gasteiger partial charge in [-0.25, -0.2) is 0 Å². The summed E-state index contributed by atoms with van der Waals surface area (Å²) in [6, 6.07) is 16.0. The smallest absolute Gasteiger partial charge is 0.274 e. The Labute approximate surface area is 171 Å². The van der Waals surface area contributed by atoms with Crippen LogP contribution in [0.3, 0.4) is 0 Å². The molecule has 2 N–H and O–H groups in total. The quantitative estimate of drug-likeness (QED) is 0.672. The molecule has 2 aromatic carbocycles. The molecular weight excluding hydrogens is 364 g/mol. The van der Waals surface area contributed by atoms with Gasteiger partial charge >= 0.3 is 0 Å². The minimum Gasteiger partial charge on any atom is -0.493 e. The van der Waals surface area contributed by atoms with Crippen molar-refractivity contribution in [1.29, 1.82) is 0 Å². The molecule has 0 spiro atoms. The molecule has 4 rings (SSSR count). The highest BCUT2D eigenvalue weighted by atomic mass is 16.5. The summed E-state index contributed by atoms with van der Waals surface area (Å²) in [5, 5.41) is 4.31. The molecule has 0 atom stereocenters. The van der Waals surface area contributed by atoms with E-state index in [-0.39, 0.29) is 5.91 Å². The number of carbonyl (C=O) groups is 1. The minimum atomic E-state index is -0.0407. The molecule has 2 heterocycles. The number of ether oxygens (including phenoxy) is 1. The van der Waals surface area contributed by atoms with E-state index < -0.39 is 0 Å². The Hall–Kier alpha value is -2.99. The van der Waals surface area contributed by atoms with Gasteiger partial charge in [0, 0.05) is 55.0 Å². The Kier molecular flexibility index (Phi) is 5.71. The number of piperazine rings is 1. The summed E-state index contributed by atoms with van der Waals surface area (Å²) in [7, 11) is 0. The highest BCUT2D eigenvalue weighted by Crippen LogP contribution is 2.28. The molecule has 6 heteroatoms. The summed E-state index contributed by atoms with van der Waals surface area (Å²) < 4.78 is 5.70.